The van der Waals surface area contributed by atoms with E-state index in [0.29, 0.717) is 11.9 Å². The van der Waals surface area contributed by atoms with Gasteiger partial charge in [0.25, 0.3) is 0 Å². The Labute approximate surface area is 105 Å². The zero-order valence-corrected chi connectivity index (χ0v) is 11.0. The molecule has 0 aromatic rings. The lowest BCUT2D eigenvalue weighted by Gasteiger charge is -2.30. The Balaban J connectivity index is 2.02. The van der Waals surface area contributed by atoms with Gasteiger partial charge in [0.1, 0.15) is 0 Å². The van der Waals surface area contributed by atoms with Crippen molar-refractivity contribution >= 4 is 5.91 Å². The van der Waals surface area contributed by atoms with Gasteiger partial charge in [-0.2, -0.15) is 0 Å². The van der Waals surface area contributed by atoms with Gasteiger partial charge in [0.2, 0.25) is 5.91 Å². The van der Waals surface area contributed by atoms with Crippen molar-refractivity contribution in [2.75, 3.05) is 6.54 Å². The molecular weight excluding hydrogens is 212 g/mol. The highest BCUT2D eigenvalue weighted by atomic mass is 16.2. The fraction of sp³-hybridized carbons (Fsp3) is 0.929. The Morgan fingerprint density at radius 2 is 1.94 bits per heavy atom. The molecule has 1 aliphatic carbocycles. The number of amides is 1. The molecule has 3 nitrogen and oxygen atoms in total. The molecule has 1 heterocycles. The second-order valence-electron chi connectivity index (χ2n) is 5.64. The SMILES string of the molecule is CCC1CCCN1C(=O)C1CCCCCC1N. The highest BCUT2D eigenvalue weighted by Crippen LogP contribution is 2.28. The first-order valence-corrected chi connectivity index (χ1v) is 7.30. The number of likely N-dealkylation sites (tertiary alicyclic amines) is 1. The molecule has 2 fully saturated rings. The predicted octanol–water partition coefficient (Wildman–Crippen LogP) is 2.30. The van der Waals surface area contributed by atoms with Crippen LogP contribution in [0.2, 0.25) is 0 Å². The van der Waals surface area contributed by atoms with Crippen LogP contribution in [-0.2, 0) is 4.79 Å². The molecule has 0 spiro atoms. The van der Waals surface area contributed by atoms with Crippen molar-refractivity contribution in [2.24, 2.45) is 11.7 Å². The summed E-state index contributed by atoms with van der Waals surface area (Å²) in [5, 5.41) is 0. The highest BCUT2D eigenvalue weighted by molar-refractivity contribution is 5.80. The van der Waals surface area contributed by atoms with Gasteiger partial charge in [0.15, 0.2) is 0 Å². The fourth-order valence-corrected chi connectivity index (χ4v) is 3.41. The molecule has 2 N–H and O–H groups in total. The van der Waals surface area contributed by atoms with Crippen LogP contribution in [0, 0.1) is 5.92 Å². The van der Waals surface area contributed by atoms with Crippen molar-refractivity contribution < 1.29 is 4.79 Å². The van der Waals surface area contributed by atoms with Crippen LogP contribution in [0.4, 0.5) is 0 Å². The molecule has 0 aromatic carbocycles. The summed E-state index contributed by atoms with van der Waals surface area (Å²) in [5.41, 5.74) is 6.19. The molecule has 1 amide bonds. The van der Waals surface area contributed by atoms with E-state index in [4.69, 9.17) is 5.73 Å². The first kappa shape index (κ1) is 12.9. The lowest BCUT2D eigenvalue weighted by molar-refractivity contribution is -0.137. The van der Waals surface area contributed by atoms with Crippen molar-refractivity contribution in [2.45, 2.75) is 70.4 Å². The van der Waals surface area contributed by atoms with Gasteiger partial charge in [0, 0.05) is 18.6 Å². The van der Waals surface area contributed by atoms with E-state index < -0.39 is 0 Å². The number of hydrogen-bond acceptors (Lipinski definition) is 2. The van der Waals surface area contributed by atoms with Gasteiger partial charge in [0.05, 0.1) is 5.92 Å². The summed E-state index contributed by atoms with van der Waals surface area (Å²) in [6, 6.07) is 0.584. The summed E-state index contributed by atoms with van der Waals surface area (Å²) in [6.45, 7) is 3.14. The third kappa shape index (κ3) is 2.82. The average molecular weight is 238 g/mol. The lowest BCUT2D eigenvalue weighted by atomic mass is 9.93. The van der Waals surface area contributed by atoms with E-state index in [0.717, 1.165) is 25.8 Å². The van der Waals surface area contributed by atoms with E-state index in [1.165, 1.54) is 32.1 Å². The number of carbonyl (C=O) groups excluding carboxylic acids is 1. The van der Waals surface area contributed by atoms with Crippen molar-refractivity contribution in [1.82, 2.24) is 4.90 Å². The summed E-state index contributed by atoms with van der Waals surface area (Å²) >= 11 is 0. The summed E-state index contributed by atoms with van der Waals surface area (Å²) in [7, 11) is 0. The zero-order chi connectivity index (χ0) is 12.3. The maximum atomic E-state index is 12.6. The lowest BCUT2D eigenvalue weighted by Crippen LogP contribution is -2.45. The van der Waals surface area contributed by atoms with Crippen LogP contribution in [-0.4, -0.2) is 29.4 Å². The van der Waals surface area contributed by atoms with Gasteiger partial charge in [-0.1, -0.05) is 26.2 Å². The van der Waals surface area contributed by atoms with Gasteiger partial charge in [-0.3, -0.25) is 4.79 Å². The Bertz CT molecular complexity index is 267. The normalized spacial score (nSPS) is 34.7. The van der Waals surface area contributed by atoms with E-state index >= 15 is 0 Å². The zero-order valence-electron chi connectivity index (χ0n) is 11.0. The molecule has 0 aromatic heterocycles. The molecule has 1 saturated heterocycles. The Hall–Kier alpha value is -0.570. The smallest absolute Gasteiger partial charge is 0.227 e. The molecular formula is C14H26N2O. The second kappa shape index (κ2) is 5.85. The molecule has 1 saturated carbocycles. The van der Waals surface area contributed by atoms with E-state index in [1.54, 1.807) is 0 Å². The number of hydrogen-bond donors (Lipinski definition) is 1. The largest absolute Gasteiger partial charge is 0.339 e. The first-order valence-electron chi connectivity index (χ1n) is 7.30. The minimum Gasteiger partial charge on any atom is -0.339 e. The average Bonchev–Trinajstić information content (AvgIpc) is 2.71. The van der Waals surface area contributed by atoms with Crippen LogP contribution in [0.5, 0.6) is 0 Å². The standard InChI is InChI=1S/C14H26N2O/c1-2-11-7-6-10-16(11)14(17)12-8-4-3-5-9-13(12)15/h11-13H,2-10,15H2,1H3. The van der Waals surface area contributed by atoms with Crippen molar-refractivity contribution in [3.05, 3.63) is 0 Å². The quantitative estimate of drug-likeness (QED) is 0.750. The van der Waals surface area contributed by atoms with Crippen molar-refractivity contribution in [3.8, 4) is 0 Å². The molecule has 0 bridgehead atoms. The van der Waals surface area contributed by atoms with Crippen molar-refractivity contribution in [1.29, 1.82) is 0 Å². The molecule has 1 aliphatic heterocycles. The van der Waals surface area contributed by atoms with Crippen molar-refractivity contribution in [3.63, 3.8) is 0 Å². The molecule has 2 aliphatic rings. The third-order valence-electron chi connectivity index (χ3n) is 4.52. The Morgan fingerprint density at radius 1 is 1.18 bits per heavy atom. The predicted molar refractivity (Wildman–Crippen MR) is 69.6 cm³/mol. The first-order chi connectivity index (χ1) is 8.24. The maximum absolute atomic E-state index is 12.6. The molecule has 3 heteroatoms. The van der Waals surface area contributed by atoms with Crippen LogP contribution < -0.4 is 5.73 Å². The van der Waals surface area contributed by atoms with E-state index in [2.05, 4.69) is 11.8 Å². The number of rotatable bonds is 2. The monoisotopic (exact) mass is 238 g/mol. The molecule has 98 valence electrons. The molecule has 2 rings (SSSR count). The molecule has 3 atom stereocenters. The van der Waals surface area contributed by atoms with Crippen LogP contribution >= 0.6 is 0 Å². The maximum Gasteiger partial charge on any atom is 0.227 e. The molecule has 3 unspecified atom stereocenters. The second-order valence-corrected chi connectivity index (χ2v) is 5.64. The van der Waals surface area contributed by atoms with Crippen LogP contribution in [0.25, 0.3) is 0 Å². The summed E-state index contributed by atoms with van der Waals surface area (Å²) in [6.07, 6.45) is 9.10. The van der Waals surface area contributed by atoms with Crippen LogP contribution in [0.3, 0.4) is 0 Å². The topological polar surface area (TPSA) is 46.3 Å². The molecule has 17 heavy (non-hydrogen) atoms. The van der Waals surface area contributed by atoms with Gasteiger partial charge in [-0.25, -0.2) is 0 Å². The summed E-state index contributed by atoms with van der Waals surface area (Å²) in [4.78, 5) is 14.7. The van der Waals surface area contributed by atoms with E-state index in [1.807, 2.05) is 0 Å². The minimum atomic E-state index is 0.100. The van der Waals surface area contributed by atoms with Gasteiger partial charge < -0.3 is 10.6 Å². The van der Waals surface area contributed by atoms with Crippen LogP contribution in [0.15, 0.2) is 0 Å². The van der Waals surface area contributed by atoms with E-state index in [-0.39, 0.29) is 12.0 Å². The number of nitrogens with two attached hydrogens (primary N) is 1. The van der Waals surface area contributed by atoms with Crippen LogP contribution in [0.1, 0.15) is 58.3 Å². The Kier molecular flexibility index (Phi) is 4.43. The third-order valence-corrected chi connectivity index (χ3v) is 4.52. The molecule has 0 radical (unpaired) electrons. The van der Waals surface area contributed by atoms with E-state index in [9.17, 15) is 4.79 Å². The van der Waals surface area contributed by atoms with Gasteiger partial charge in [-0.05, 0) is 32.1 Å². The minimum absolute atomic E-state index is 0.100. The Morgan fingerprint density at radius 3 is 2.71 bits per heavy atom. The van der Waals surface area contributed by atoms with Gasteiger partial charge >= 0.3 is 0 Å². The fourth-order valence-electron chi connectivity index (χ4n) is 3.41. The summed E-state index contributed by atoms with van der Waals surface area (Å²) in [5.74, 6) is 0.452. The highest BCUT2D eigenvalue weighted by Gasteiger charge is 2.35. The number of nitrogens with zero attached hydrogens (tertiary/aromatic N) is 1. The summed E-state index contributed by atoms with van der Waals surface area (Å²) < 4.78 is 0. The van der Waals surface area contributed by atoms with Gasteiger partial charge in [-0.15, -0.1) is 0 Å². The number of carbonyl (C=O) groups is 1.